The van der Waals surface area contributed by atoms with Gasteiger partial charge in [-0.3, -0.25) is 4.68 Å². The molecule has 0 aromatic carbocycles. The molecule has 1 aliphatic heterocycles. The molecule has 0 amide bonds. The fourth-order valence-electron chi connectivity index (χ4n) is 3.27. The van der Waals surface area contributed by atoms with Crippen molar-refractivity contribution in [3.8, 4) is 0 Å². The smallest absolute Gasteiger partial charge is 0.191 e. The third kappa shape index (κ3) is 3.83. The molecule has 0 bridgehead atoms. The van der Waals surface area contributed by atoms with Crippen molar-refractivity contribution in [2.24, 2.45) is 12.0 Å². The van der Waals surface area contributed by atoms with Crippen LogP contribution < -0.4 is 10.6 Å². The zero-order chi connectivity index (χ0) is 18.0. The third-order valence-corrected chi connectivity index (χ3v) is 4.70. The van der Waals surface area contributed by atoms with E-state index in [1.165, 1.54) is 5.56 Å². The van der Waals surface area contributed by atoms with Gasteiger partial charge in [-0.2, -0.15) is 10.2 Å². The molecule has 0 saturated carbocycles. The molecule has 2 aromatic heterocycles. The van der Waals surface area contributed by atoms with Crippen LogP contribution in [0.4, 0.5) is 0 Å². The van der Waals surface area contributed by atoms with Gasteiger partial charge in [0, 0.05) is 37.3 Å². The van der Waals surface area contributed by atoms with Crippen molar-refractivity contribution in [2.75, 3.05) is 6.54 Å². The van der Waals surface area contributed by atoms with Crippen LogP contribution in [-0.2, 0) is 26.6 Å². The fraction of sp³-hybridized carbons (Fsp3) is 0.647. The average molecular weight is 344 g/mol. The summed E-state index contributed by atoms with van der Waals surface area (Å²) < 4.78 is 3.92. The summed E-state index contributed by atoms with van der Waals surface area (Å²) in [6.07, 6.45) is 1.98. The van der Waals surface area contributed by atoms with Crippen molar-refractivity contribution in [1.82, 2.24) is 35.2 Å². The van der Waals surface area contributed by atoms with Crippen LogP contribution in [0, 0.1) is 20.8 Å². The van der Waals surface area contributed by atoms with Crippen LogP contribution in [0.15, 0.2) is 4.99 Å². The van der Waals surface area contributed by atoms with Crippen molar-refractivity contribution in [2.45, 2.75) is 59.7 Å². The second-order valence-corrected chi connectivity index (χ2v) is 6.61. The summed E-state index contributed by atoms with van der Waals surface area (Å²) in [5.74, 6) is 2.77. The number of aromatic nitrogens is 5. The van der Waals surface area contributed by atoms with Gasteiger partial charge in [0.15, 0.2) is 5.96 Å². The van der Waals surface area contributed by atoms with Crippen LogP contribution >= 0.6 is 0 Å². The maximum Gasteiger partial charge on any atom is 0.191 e. The van der Waals surface area contributed by atoms with Gasteiger partial charge >= 0.3 is 0 Å². The minimum absolute atomic E-state index is 0.308. The third-order valence-electron chi connectivity index (χ3n) is 4.70. The molecule has 8 heteroatoms. The van der Waals surface area contributed by atoms with E-state index in [-0.39, 0.29) is 0 Å². The highest BCUT2D eigenvalue weighted by atomic mass is 15.4. The first kappa shape index (κ1) is 17.4. The van der Waals surface area contributed by atoms with Crippen molar-refractivity contribution in [3.63, 3.8) is 0 Å². The summed E-state index contributed by atoms with van der Waals surface area (Å²) in [7, 11) is 1.97. The Labute approximate surface area is 148 Å². The fourth-order valence-corrected chi connectivity index (χ4v) is 3.27. The molecule has 3 heterocycles. The van der Waals surface area contributed by atoms with Gasteiger partial charge < -0.3 is 10.6 Å². The summed E-state index contributed by atoms with van der Waals surface area (Å²) in [5, 5.41) is 15.8. The second kappa shape index (κ2) is 7.25. The van der Waals surface area contributed by atoms with Gasteiger partial charge in [0.25, 0.3) is 0 Å². The molecular formula is C17H28N8. The monoisotopic (exact) mass is 344 g/mol. The van der Waals surface area contributed by atoms with E-state index in [9.17, 15) is 0 Å². The molecule has 0 radical (unpaired) electrons. The van der Waals surface area contributed by atoms with Crippen LogP contribution in [0.2, 0.25) is 0 Å². The SMILES string of the molecule is CCNC(=NCc1c(C)nn(C)c1C)NC1CCc2nc(C)nn2C1. The van der Waals surface area contributed by atoms with E-state index < -0.39 is 0 Å². The molecule has 0 spiro atoms. The van der Waals surface area contributed by atoms with Crippen molar-refractivity contribution < 1.29 is 0 Å². The minimum Gasteiger partial charge on any atom is -0.357 e. The number of aryl methyl sites for hydroxylation is 4. The first-order valence-electron chi connectivity index (χ1n) is 8.92. The molecule has 0 saturated heterocycles. The van der Waals surface area contributed by atoms with Gasteiger partial charge in [-0.25, -0.2) is 14.7 Å². The van der Waals surface area contributed by atoms with E-state index >= 15 is 0 Å². The molecule has 2 aromatic rings. The largest absolute Gasteiger partial charge is 0.357 e. The number of hydrogen-bond acceptors (Lipinski definition) is 4. The number of hydrogen-bond donors (Lipinski definition) is 2. The van der Waals surface area contributed by atoms with Gasteiger partial charge in [0.1, 0.15) is 11.6 Å². The standard InChI is InChI=1S/C17H28N8/c1-6-18-17(19-9-15-11(2)22-24(5)12(15)3)21-14-7-8-16-20-13(4)23-25(16)10-14/h14H,6-10H2,1-5H3,(H2,18,19,21). The lowest BCUT2D eigenvalue weighted by Crippen LogP contribution is -2.47. The summed E-state index contributed by atoms with van der Waals surface area (Å²) >= 11 is 0. The van der Waals surface area contributed by atoms with Crippen LogP contribution in [-0.4, -0.2) is 43.1 Å². The number of guanidine groups is 1. The van der Waals surface area contributed by atoms with Crippen molar-refractivity contribution in [1.29, 1.82) is 0 Å². The molecule has 0 aliphatic carbocycles. The van der Waals surface area contributed by atoms with Crippen LogP contribution in [0.3, 0.4) is 0 Å². The molecule has 0 fully saturated rings. The predicted octanol–water partition coefficient (Wildman–Crippen LogP) is 1.01. The Bertz CT molecular complexity index is 770. The highest BCUT2D eigenvalue weighted by molar-refractivity contribution is 5.80. The van der Waals surface area contributed by atoms with Crippen molar-refractivity contribution >= 4 is 5.96 Å². The Morgan fingerprint density at radius 3 is 2.76 bits per heavy atom. The highest BCUT2D eigenvalue weighted by Crippen LogP contribution is 2.14. The lowest BCUT2D eigenvalue weighted by Gasteiger charge is -2.25. The number of fused-ring (bicyclic) bond motifs is 1. The summed E-state index contributed by atoms with van der Waals surface area (Å²) in [4.78, 5) is 9.24. The summed E-state index contributed by atoms with van der Waals surface area (Å²) in [6, 6.07) is 0.308. The Morgan fingerprint density at radius 2 is 2.08 bits per heavy atom. The first-order chi connectivity index (χ1) is 12.0. The predicted molar refractivity (Wildman–Crippen MR) is 97.5 cm³/mol. The van der Waals surface area contributed by atoms with Gasteiger partial charge in [0.2, 0.25) is 0 Å². The molecule has 136 valence electrons. The van der Waals surface area contributed by atoms with Crippen LogP contribution in [0.25, 0.3) is 0 Å². The minimum atomic E-state index is 0.308. The lowest BCUT2D eigenvalue weighted by atomic mass is 10.1. The number of rotatable bonds is 4. The molecule has 2 N–H and O–H groups in total. The van der Waals surface area contributed by atoms with Crippen molar-refractivity contribution in [3.05, 3.63) is 28.6 Å². The summed E-state index contributed by atoms with van der Waals surface area (Å²) in [5.41, 5.74) is 3.40. The normalized spacial score (nSPS) is 17.5. The molecule has 3 rings (SSSR count). The Hall–Kier alpha value is -2.38. The number of nitrogens with one attached hydrogen (secondary N) is 2. The van der Waals surface area contributed by atoms with Gasteiger partial charge in [-0.05, 0) is 34.1 Å². The molecular weight excluding hydrogens is 316 g/mol. The van der Waals surface area contributed by atoms with E-state index in [1.54, 1.807) is 0 Å². The Morgan fingerprint density at radius 1 is 1.28 bits per heavy atom. The zero-order valence-corrected chi connectivity index (χ0v) is 15.8. The molecule has 1 aliphatic rings. The maximum absolute atomic E-state index is 4.77. The van der Waals surface area contributed by atoms with E-state index in [0.29, 0.717) is 12.6 Å². The van der Waals surface area contributed by atoms with Gasteiger partial charge in [-0.15, -0.1) is 0 Å². The van der Waals surface area contributed by atoms with Gasteiger partial charge in [-0.1, -0.05) is 0 Å². The van der Waals surface area contributed by atoms with E-state index in [2.05, 4.69) is 39.7 Å². The number of aliphatic imine (C=N–C) groups is 1. The molecule has 25 heavy (non-hydrogen) atoms. The van der Waals surface area contributed by atoms with E-state index in [0.717, 1.165) is 54.9 Å². The van der Waals surface area contributed by atoms with Crippen LogP contribution in [0.5, 0.6) is 0 Å². The topological polar surface area (TPSA) is 84.9 Å². The Balaban J connectivity index is 1.69. The quantitative estimate of drug-likeness (QED) is 0.639. The van der Waals surface area contributed by atoms with E-state index in [4.69, 9.17) is 4.99 Å². The molecule has 1 atom stereocenters. The lowest BCUT2D eigenvalue weighted by molar-refractivity contribution is 0.392. The first-order valence-corrected chi connectivity index (χ1v) is 8.92. The highest BCUT2D eigenvalue weighted by Gasteiger charge is 2.21. The van der Waals surface area contributed by atoms with E-state index in [1.807, 2.05) is 30.3 Å². The number of nitrogens with zero attached hydrogens (tertiary/aromatic N) is 6. The maximum atomic E-state index is 4.77. The summed E-state index contributed by atoms with van der Waals surface area (Å²) in [6.45, 7) is 10.4. The second-order valence-electron chi connectivity index (χ2n) is 6.61. The Kier molecular flexibility index (Phi) is 5.06. The van der Waals surface area contributed by atoms with Crippen LogP contribution in [0.1, 0.15) is 41.9 Å². The average Bonchev–Trinajstić information content (AvgIpc) is 3.04. The van der Waals surface area contributed by atoms with Gasteiger partial charge in [0.05, 0.1) is 18.8 Å². The molecule has 8 nitrogen and oxygen atoms in total. The zero-order valence-electron chi connectivity index (χ0n) is 15.8. The molecule has 1 unspecified atom stereocenters.